The molecule has 0 aliphatic carbocycles. The molecule has 12 heteroatoms. The number of thioether (sulfide) groups is 1. The summed E-state index contributed by atoms with van der Waals surface area (Å²) in [5.74, 6) is -0.577. The Morgan fingerprint density at radius 1 is 0.914 bits per heavy atom. The van der Waals surface area contributed by atoms with Crippen LogP contribution in [-0.4, -0.2) is 63.4 Å². The van der Waals surface area contributed by atoms with Gasteiger partial charge in [0.15, 0.2) is 5.12 Å². The number of phosphoric ester groups is 1. The monoisotopic (exact) mass is 540 g/mol. The minimum atomic E-state index is -4.72. The molecule has 2 amide bonds. The predicted molar refractivity (Wildman–Crippen MR) is 138 cm³/mol. The molecule has 10 nitrogen and oxygen atoms in total. The first-order valence-corrected chi connectivity index (χ1v) is 15.0. The summed E-state index contributed by atoms with van der Waals surface area (Å²) < 4.78 is 15.2. The van der Waals surface area contributed by atoms with Gasteiger partial charge in [-0.25, -0.2) is 4.57 Å². The second kappa shape index (κ2) is 19.2. The Kier molecular flexibility index (Phi) is 18.7. The van der Waals surface area contributed by atoms with E-state index in [1.807, 2.05) is 0 Å². The number of rotatable bonds is 21. The lowest BCUT2D eigenvalue weighted by Crippen LogP contribution is -2.46. The zero-order chi connectivity index (χ0) is 26.7. The quantitative estimate of drug-likeness (QED) is 0.109. The predicted octanol–water partition coefficient (Wildman–Crippen LogP) is 3.29. The molecule has 0 radical (unpaired) electrons. The Bertz CT molecular complexity index is 672. The van der Waals surface area contributed by atoms with Crippen molar-refractivity contribution in [2.75, 3.05) is 25.4 Å². The van der Waals surface area contributed by atoms with Gasteiger partial charge >= 0.3 is 7.82 Å². The Morgan fingerprint density at radius 3 is 2.06 bits per heavy atom. The Hall–Kier alpha value is -0.970. The van der Waals surface area contributed by atoms with Gasteiger partial charge in [-0.15, -0.1) is 0 Å². The highest BCUT2D eigenvalue weighted by molar-refractivity contribution is 8.13. The van der Waals surface area contributed by atoms with Crippen molar-refractivity contribution in [1.82, 2.24) is 10.6 Å². The molecule has 5 N–H and O–H groups in total. The van der Waals surface area contributed by atoms with E-state index in [4.69, 9.17) is 9.79 Å². The van der Waals surface area contributed by atoms with E-state index in [-0.39, 0.29) is 24.0 Å². The van der Waals surface area contributed by atoms with Gasteiger partial charge in [-0.05, 0) is 6.42 Å². The molecule has 0 bridgehead atoms. The first kappa shape index (κ1) is 34.0. The highest BCUT2D eigenvalue weighted by Gasteiger charge is 2.35. The molecule has 0 aliphatic rings. The van der Waals surface area contributed by atoms with Crippen molar-refractivity contribution >= 4 is 36.5 Å². The largest absolute Gasteiger partial charge is 0.469 e. The number of amides is 2. The van der Waals surface area contributed by atoms with Gasteiger partial charge < -0.3 is 25.5 Å². The van der Waals surface area contributed by atoms with Crippen LogP contribution in [0.2, 0.25) is 0 Å². The third-order valence-electron chi connectivity index (χ3n) is 5.42. The third-order valence-corrected chi connectivity index (χ3v) is 6.82. The number of nitrogens with one attached hydrogen (secondary N) is 2. The first-order chi connectivity index (χ1) is 16.4. The summed E-state index contributed by atoms with van der Waals surface area (Å²) in [6.07, 6.45) is 9.83. The van der Waals surface area contributed by atoms with Crippen molar-refractivity contribution in [1.29, 1.82) is 0 Å². The lowest BCUT2D eigenvalue weighted by molar-refractivity contribution is -0.137. The van der Waals surface area contributed by atoms with Gasteiger partial charge in [0.1, 0.15) is 6.10 Å². The van der Waals surface area contributed by atoms with Crippen LogP contribution in [0.3, 0.4) is 0 Å². The molecule has 0 rings (SSSR count). The minimum Gasteiger partial charge on any atom is -0.383 e. The molecule has 0 spiro atoms. The molecule has 0 saturated carbocycles. The molecule has 1 atom stereocenters. The molecule has 0 aliphatic heterocycles. The fourth-order valence-electron chi connectivity index (χ4n) is 3.18. The highest BCUT2D eigenvalue weighted by Crippen LogP contribution is 2.38. The molecule has 0 aromatic rings. The van der Waals surface area contributed by atoms with E-state index in [1.165, 1.54) is 70.6 Å². The molecule has 0 aromatic carbocycles. The van der Waals surface area contributed by atoms with Crippen LogP contribution in [0.25, 0.3) is 0 Å². The van der Waals surface area contributed by atoms with E-state index >= 15 is 0 Å². The smallest absolute Gasteiger partial charge is 0.383 e. The number of phosphoric acid groups is 1. The van der Waals surface area contributed by atoms with Gasteiger partial charge in [-0.1, -0.05) is 83.9 Å². The maximum absolute atomic E-state index is 12.0. The van der Waals surface area contributed by atoms with Crippen LogP contribution in [-0.2, 0) is 23.5 Å². The number of hydrogen-bond acceptors (Lipinski definition) is 7. The molecule has 0 fully saturated rings. The van der Waals surface area contributed by atoms with Gasteiger partial charge in [0.25, 0.3) is 0 Å². The number of aliphatic hydroxyl groups excluding tert-OH is 1. The van der Waals surface area contributed by atoms with Crippen LogP contribution in [0.4, 0.5) is 0 Å². The molecule has 35 heavy (non-hydrogen) atoms. The zero-order valence-corrected chi connectivity index (χ0v) is 23.1. The average molecular weight is 541 g/mol. The lowest BCUT2D eigenvalue weighted by atomic mass is 9.87. The summed E-state index contributed by atoms with van der Waals surface area (Å²) in [7, 11) is -4.72. The lowest BCUT2D eigenvalue weighted by Gasteiger charge is -2.29. The summed E-state index contributed by atoms with van der Waals surface area (Å²) in [4.78, 5) is 53.4. The summed E-state index contributed by atoms with van der Waals surface area (Å²) in [5, 5.41) is 15.3. The van der Waals surface area contributed by atoms with E-state index in [0.29, 0.717) is 18.7 Å². The first-order valence-electron chi connectivity index (χ1n) is 12.5. The summed E-state index contributed by atoms with van der Waals surface area (Å²) >= 11 is 1.21. The van der Waals surface area contributed by atoms with Crippen molar-refractivity contribution < 1.29 is 38.4 Å². The molecular formula is C23H45N2O8PS. The topological polar surface area (TPSA) is 162 Å². The summed E-state index contributed by atoms with van der Waals surface area (Å²) in [6, 6.07) is 0. The van der Waals surface area contributed by atoms with Gasteiger partial charge in [-0.2, -0.15) is 0 Å². The van der Waals surface area contributed by atoms with Gasteiger partial charge in [0.2, 0.25) is 11.8 Å². The normalized spacial score (nSPS) is 12.9. The summed E-state index contributed by atoms with van der Waals surface area (Å²) in [5.41, 5.74) is -1.24. The molecule has 0 unspecified atom stereocenters. The van der Waals surface area contributed by atoms with Crippen LogP contribution in [0, 0.1) is 5.41 Å². The van der Waals surface area contributed by atoms with Crippen LogP contribution >= 0.6 is 19.6 Å². The van der Waals surface area contributed by atoms with Crippen molar-refractivity contribution in [3.05, 3.63) is 0 Å². The van der Waals surface area contributed by atoms with Gasteiger partial charge in [-0.3, -0.25) is 18.9 Å². The van der Waals surface area contributed by atoms with E-state index in [0.717, 1.165) is 12.8 Å². The summed E-state index contributed by atoms with van der Waals surface area (Å²) in [6.45, 7) is 4.87. The van der Waals surface area contributed by atoms with Gasteiger partial charge in [0.05, 0.1) is 6.61 Å². The van der Waals surface area contributed by atoms with E-state index < -0.39 is 31.9 Å². The molecular weight excluding hydrogens is 495 g/mol. The number of carbonyl (C=O) groups excluding carboxylic acids is 3. The van der Waals surface area contributed by atoms with Crippen LogP contribution in [0.15, 0.2) is 0 Å². The Labute approximate surface area is 214 Å². The fourth-order valence-corrected chi connectivity index (χ4v) is 4.40. The zero-order valence-electron chi connectivity index (χ0n) is 21.4. The van der Waals surface area contributed by atoms with E-state index in [1.54, 1.807) is 0 Å². The maximum Gasteiger partial charge on any atom is 0.469 e. The third kappa shape index (κ3) is 19.8. The fraction of sp³-hybridized carbons (Fsp3) is 0.870. The molecule has 0 saturated heterocycles. The van der Waals surface area contributed by atoms with Crippen molar-refractivity contribution in [3.8, 4) is 0 Å². The molecule has 206 valence electrons. The van der Waals surface area contributed by atoms with Crippen LogP contribution in [0.1, 0.15) is 91.4 Å². The standard InChI is InChI=1S/C23H45N2O8PS/c1-4-5-6-7-8-9-10-11-12-13-20(27)35-17-16-24-19(26)14-15-25-22(29)21(28)23(2,3)18-33-34(30,31)32/h21,28H,4-18H2,1-3H3,(H,24,26)(H,25,29)(H2,30,31,32)/t21-/m0/s1. The van der Waals surface area contributed by atoms with Crippen LogP contribution < -0.4 is 10.6 Å². The van der Waals surface area contributed by atoms with E-state index in [2.05, 4.69) is 22.1 Å². The Balaban J connectivity index is 3.81. The maximum atomic E-state index is 12.0. The Morgan fingerprint density at radius 2 is 1.49 bits per heavy atom. The number of carbonyl (C=O) groups is 3. The number of hydrogen-bond donors (Lipinski definition) is 5. The number of unbranched alkanes of at least 4 members (excludes halogenated alkanes) is 8. The second-order valence-electron chi connectivity index (χ2n) is 9.35. The van der Waals surface area contributed by atoms with E-state index in [9.17, 15) is 24.1 Å². The SMILES string of the molecule is CCCCCCCCCCCC(=O)SCCNC(=O)CCNC(=O)[C@H](O)C(C)(C)COP(=O)(O)O. The van der Waals surface area contributed by atoms with Crippen molar-refractivity contribution in [2.24, 2.45) is 5.41 Å². The highest BCUT2D eigenvalue weighted by atomic mass is 32.2. The minimum absolute atomic E-state index is 0.00503. The van der Waals surface area contributed by atoms with Crippen molar-refractivity contribution in [3.63, 3.8) is 0 Å². The van der Waals surface area contributed by atoms with Gasteiger partial charge in [0, 0.05) is 37.1 Å². The second-order valence-corrected chi connectivity index (χ2v) is 11.7. The molecule has 0 aromatic heterocycles. The van der Waals surface area contributed by atoms with Crippen LogP contribution in [0.5, 0.6) is 0 Å². The average Bonchev–Trinajstić information content (AvgIpc) is 2.78. The number of aliphatic hydroxyl groups is 1. The molecule has 0 heterocycles. The van der Waals surface area contributed by atoms with Crippen molar-refractivity contribution in [2.45, 2.75) is 97.5 Å².